The predicted molar refractivity (Wildman–Crippen MR) is 202 cm³/mol. The van der Waals surface area contributed by atoms with Crippen molar-refractivity contribution in [2.24, 2.45) is 0 Å². The first kappa shape index (κ1) is 33.6. The topological polar surface area (TPSA) is 71.1 Å². The molecule has 7 aromatic rings. The zero-order chi connectivity index (χ0) is 35.9. The van der Waals surface area contributed by atoms with Crippen molar-refractivity contribution in [3.63, 3.8) is 0 Å². The maximum absolute atomic E-state index is 13.1. The van der Waals surface area contributed by atoms with Crippen LogP contribution in [0.25, 0.3) is 11.1 Å². The minimum absolute atomic E-state index is 0.0663. The molecule has 0 saturated heterocycles. The number of methoxy groups -OCH3 is 1. The number of benzene rings is 7. The second-order valence-corrected chi connectivity index (χ2v) is 12.1. The number of hydrogen-bond donors (Lipinski definition) is 0. The average Bonchev–Trinajstić information content (AvgIpc) is 3.20. The molecule has 0 atom stereocenters. The van der Waals surface area contributed by atoms with Crippen LogP contribution in [0.1, 0.15) is 37.4 Å². The average molecular weight is 683 g/mol. The van der Waals surface area contributed by atoms with Crippen LogP contribution in [0.4, 0.5) is 0 Å². The number of rotatable bonds is 12. The standard InChI is InChI=1S/C46H34O6/c1-31-3-17-39(18-4-31)50-42-25-11-36(12-26-42)46(48)37-15-29-44(30-16-37)52-41-23-7-33(8-24-41)32-5-21-40(22-6-32)51-43-27-13-35(14-28-43)45(47)34-9-19-38(49-2)20-10-34/h3-30H,1-2H3. The van der Waals surface area contributed by atoms with E-state index in [1.807, 2.05) is 79.7 Å². The summed E-state index contributed by atoms with van der Waals surface area (Å²) >= 11 is 0. The Morgan fingerprint density at radius 3 is 0.827 bits per heavy atom. The molecule has 0 fully saturated rings. The van der Waals surface area contributed by atoms with E-state index < -0.39 is 0 Å². The number of hydrogen-bond acceptors (Lipinski definition) is 6. The lowest BCUT2D eigenvalue weighted by Gasteiger charge is -2.10. The summed E-state index contributed by atoms with van der Waals surface area (Å²) in [5, 5.41) is 0. The van der Waals surface area contributed by atoms with Gasteiger partial charge in [0.15, 0.2) is 11.6 Å². The van der Waals surface area contributed by atoms with Crippen LogP contribution in [0.15, 0.2) is 170 Å². The Labute approximate surface area is 302 Å². The molecule has 0 spiro atoms. The lowest BCUT2D eigenvalue weighted by atomic mass is 10.0. The number of ketones is 2. The molecule has 0 aliphatic heterocycles. The van der Waals surface area contributed by atoms with Crippen molar-refractivity contribution in [1.82, 2.24) is 0 Å². The van der Waals surface area contributed by atoms with E-state index >= 15 is 0 Å². The SMILES string of the molecule is COc1ccc(C(=O)c2ccc(Oc3ccc(-c4ccc(Oc5ccc(C(=O)c6ccc(Oc7ccc(C)cc7)cc6)cc5)cc4)cc3)cc2)cc1. The third-order valence-corrected chi connectivity index (χ3v) is 8.47. The van der Waals surface area contributed by atoms with Gasteiger partial charge in [0.25, 0.3) is 0 Å². The van der Waals surface area contributed by atoms with Crippen LogP contribution in [-0.2, 0) is 0 Å². The van der Waals surface area contributed by atoms with Gasteiger partial charge >= 0.3 is 0 Å². The normalized spacial score (nSPS) is 10.7. The summed E-state index contributed by atoms with van der Waals surface area (Å²) in [5.74, 6) is 4.60. The van der Waals surface area contributed by atoms with Gasteiger partial charge in [-0.25, -0.2) is 0 Å². The van der Waals surface area contributed by atoms with E-state index in [1.165, 1.54) is 0 Å². The Balaban J connectivity index is 0.916. The maximum atomic E-state index is 13.1. The molecule has 0 unspecified atom stereocenters. The highest BCUT2D eigenvalue weighted by Gasteiger charge is 2.12. The number of ether oxygens (including phenoxy) is 4. The third-order valence-electron chi connectivity index (χ3n) is 8.47. The van der Waals surface area contributed by atoms with Crippen LogP contribution in [0.2, 0.25) is 0 Å². The molecule has 0 heterocycles. The Morgan fingerprint density at radius 2 is 0.558 bits per heavy atom. The molecular formula is C46H34O6. The first-order valence-corrected chi connectivity index (χ1v) is 16.7. The zero-order valence-corrected chi connectivity index (χ0v) is 28.6. The van der Waals surface area contributed by atoms with Crippen LogP contribution in [-0.4, -0.2) is 18.7 Å². The summed E-state index contributed by atoms with van der Waals surface area (Å²) in [6, 6.07) is 51.8. The summed E-state index contributed by atoms with van der Waals surface area (Å²) in [7, 11) is 1.59. The smallest absolute Gasteiger partial charge is 0.193 e. The first-order valence-electron chi connectivity index (χ1n) is 16.7. The van der Waals surface area contributed by atoms with E-state index in [2.05, 4.69) is 0 Å². The van der Waals surface area contributed by atoms with E-state index in [0.717, 1.165) is 22.4 Å². The number of aryl methyl sites for hydroxylation is 1. The highest BCUT2D eigenvalue weighted by molar-refractivity contribution is 6.09. The fraction of sp³-hybridized carbons (Fsp3) is 0.0435. The molecule has 0 radical (unpaired) electrons. The predicted octanol–water partition coefficient (Wildman–Crippen LogP) is 11.5. The maximum Gasteiger partial charge on any atom is 0.193 e. The largest absolute Gasteiger partial charge is 0.497 e. The molecular weight excluding hydrogens is 648 g/mol. The quantitative estimate of drug-likeness (QED) is 0.119. The van der Waals surface area contributed by atoms with Gasteiger partial charge in [-0.05, 0) is 152 Å². The molecule has 6 nitrogen and oxygen atoms in total. The number of carbonyl (C=O) groups excluding carboxylic acids is 2. The summed E-state index contributed by atoms with van der Waals surface area (Å²) in [6.45, 7) is 2.03. The molecule has 7 rings (SSSR count). The van der Waals surface area contributed by atoms with Crippen molar-refractivity contribution in [3.8, 4) is 51.4 Å². The van der Waals surface area contributed by atoms with Gasteiger partial charge < -0.3 is 18.9 Å². The Kier molecular flexibility index (Phi) is 9.89. The Bertz CT molecular complexity index is 2270. The first-order chi connectivity index (χ1) is 25.4. The fourth-order valence-corrected chi connectivity index (χ4v) is 5.54. The van der Waals surface area contributed by atoms with Crippen molar-refractivity contribution in [1.29, 1.82) is 0 Å². The van der Waals surface area contributed by atoms with Gasteiger partial charge in [0.2, 0.25) is 0 Å². The molecule has 254 valence electrons. The van der Waals surface area contributed by atoms with Crippen LogP contribution >= 0.6 is 0 Å². The lowest BCUT2D eigenvalue weighted by molar-refractivity contribution is 0.103. The van der Waals surface area contributed by atoms with Gasteiger partial charge in [-0.1, -0.05) is 42.0 Å². The highest BCUT2D eigenvalue weighted by atomic mass is 16.5. The molecule has 0 saturated carbocycles. The molecule has 0 aliphatic carbocycles. The molecule has 0 amide bonds. The summed E-state index contributed by atoms with van der Waals surface area (Å²) in [4.78, 5) is 25.9. The van der Waals surface area contributed by atoms with E-state index in [9.17, 15) is 9.59 Å². The van der Waals surface area contributed by atoms with Crippen LogP contribution in [0.5, 0.6) is 40.2 Å². The van der Waals surface area contributed by atoms with E-state index in [4.69, 9.17) is 18.9 Å². The molecule has 0 N–H and O–H groups in total. The van der Waals surface area contributed by atoms with E-state index in [1.54, 1.807) is 104 Å². The minimum atomic E-state index is -0.0793. The van der Waals surface area contributed by atoms with Crippen LogP contribution in [0.3, 0.4) is 0 Å². The molecule has 52 heavy (non-hydrogen) atoms. The summed E-state index contributed by atoms with van der Waals surface area (Å²) in [6.07, 6.45) is 0. The second-order valence-electron chi connectivity index (χ2n) is 12.1. The summed E-state index contributed by atoms with van der Waals surface area (Å²) in [5.41, 5.74) is 5.53. The van der Waals surface area contributed by atoms with Gasteiger partial charge in [0.05, 0.1) is 7.11 Å². The molecule has 0 aromatic heterocycles. The van der Waals surface area contributed by atoms with Gasteiger partial charge in [0, 0.05) is 22.3 Å². The number of carbonyl (C=O) groups is 2. The highest BCUT2D eigenvalue weighted by Crippen LogP contribution is 2.30. The molecule has 0 bridgehead atoms. The minimum Gasteiger partial charge on any atom is -0.497 e. The second kappa shape index (κ2) is 15.3. The molecule has 6 heteroatoms. The lowest BCUT2D eigenvalue weighted by Crippen LogP contribution is -2.01. The van der Waals surface area contributed by atoms with Crippen molar-refractivity contribution in [3.05, 3.63) is 198 Å². The summed E-state index contributed by atoms with van der Waals surface area (Å²) < 4.78 is 23.1. The van der Waals surface area contributed by atoms with E-state index in [0.29, 0.717) is 56.8 Å². The van der Waals surface area contributed by atoms with Crippen molar-refractivity contribution in [2.45, 2.75) is 6.92 Å². The van der Waals surface area contributed by atoms with Crippen LogP contribution in [0, 0.1) is 6.92 Å². The molecule has 0 aliphatic rings. The monoisotopic (exact) mass is 682 g/mol. The van der Waals surface area contributed by atoms with Crippen molar-refractivity contribution >= 4 is 11.6 Å². The van der Waals surface area contributed by atoms with E-state index in [-0.39, 0.29) is 11.6 Å². The fourth-order valence-electron chi connectivity index (χ4n) is 5.54. The third kappa shape index (κ3) is 8.09. The van der Waals surface area contributed by atoms with Crippen molar-refractivity contribution in [2.75, 3.05) is 7.11 Å². The van der Waals surface area contributed by atoms with Gasteiger partial charge in [0.1, 0.15) is 40.2 Å². The van der Waals surface area contributed by atoms with Gasteiger partial charge in [-0.2, -0.15) is 0 Å². The zero-order valence-electron chi connectivity index (χ0n) is 28.6. The van der Waals surface area contributed by atoms with Gasteiger partial charge in [-0.15, -0.1) is 0 Å². The molecule has 7 aromatic carbocycles. The van der Waals surface area contributed by atoms with Crippen molar-refractivity contribution < 1.29 is 28.5 Å². The van der Waals surface area contributed by atoms with Crippen LogP contribution < -0.4 is 18.9 Å². The van der Waals surface area contributed by atoms with Gasteiger partial charge in [-0.3, -0.25) is 9.59 Å². The Morgan fingerprint density at radius 1 is 0.327 bits per heavy atom. The Hall–Kier alpha value is -6.92.